The van der Waals surface area contributed by atoms with E-state index >= 15 is 0 Å². The highest BCUT2D eigenvalue weighted by Gasteiger charge is 2.14. The van der Waals surface area contributed by atoms with Gasteiger partial charge < -0.3 is 15.0 Å². The maximum Gasteiger partial charge on any atom is 0.165 e. The van der Waals surface area contributed by atoms with Crippen LogP contribution in [0, 0.1) is 0 Å². The van der Waals surface area contributed by atoms with E-state index in [0.29, 0.717) is 0 Å². The molecule has 0 amide bonds. The van der Waals surface area contributed by atoms with Gasteiger partial charge in [-0.1, -0.05) is 19.9 Å². The summed E-state index contributed by atoms with van der Waals surface area (Å²) in [6.45, 7) is 5.64. The number of anilines is 2. The summed E-state index contributed by atoms with van der Waals surface area (Å²) in [6.07, 6.45) is 0. The summed E-state index contributed by atoms with van der Waals surface area (Å²) in [4.78, 5) is 2.06. The van der Waals surface area contributed by atoms with Gasteiger partial charge in [0.1, 0.15) is 6.61 Å². The Labute approximate surface area is 92.0 Å². The smallest absolute Gasteiger partial charge is 0.165 e. The van der Waals surface area contributed by atoms with Crippen molar-refractivity contribution in [2.45, 2.75) is 13.8 Å². The Morgan fingerprint density at radius 1 is 1.27 bits per heavy atom. The van der Waals surface area contributed by atoms with E-state index in [9.17, 15) is 0 Å². The highest BCUT2D eigenvalue weighted by atomic mass is 16.5. The predicted octanol–water partition coefficient (Wildman–Crippen LogP) is 2.58. The Bertz CT molecular complexity index is 310. The molecule has 0 radical (unpaired) electrons. The molecule has 1 aromatic rings. The van der Waals surface area contributed by atoms with Crippen molar-refractivity contribution in [1.82, 2.24) is 0 Å². The van der Waals surface area contributed by atoms with E-state index in [1.165, 1.54) is 0 Å². The summed E-state index contributed by atoms with van der Waals surface area (Å²) in [5.41, 5.74) is 2.22. The number of rotatable bonds is 1. The van der Waals surface area contributed by atoms with Gasteiger partial charge in [0.05, 0.1) is 11.4 Å². The van der Waals surface area contributed by atoms with Crippen molar-refractivity contribution < 1.29 is 4.74 Å². The number of hydrogen-bond acceptors (Lipinski definition) is 3. The van der Waals surface area contributed by atoms with E-state index in [0.717, 1.165) is 30.3 Å². The monoisotopic (exact) mass is 208 g/mol. The van der Waals surface area contributed by atoms with Crippen molar-refractivity contribution >= 4 is 11.4 Å². The molecule has 2 rings (SSSR count). The third-order valence-corrected chi connectivity index (χ3v) is 2.14. The van der Waals surface area contributed by atoms with Crippen LogP contribution in [0.1, 0.15) is 13.8 Å². The Morgan fingerprint density at radius 3 is 2.67 bits per heavy atom. The summed E-state index contributed by atoms with van der Waals surface area (Å²) in [5, 5.41) is 3.31. The molecule has 0 saturated carbocycles. The van der Waals surface area contributed by atoms with Gasteiger partial charge in [-0.05, 0) is 12.1 Å². The molecule has 15 heavy (non-hydrogen) atoms. The fourth-order valence-electron chi connectivity index (χ4n) is 1.51. The van der Waals surface area contributed by atoms with Crippen LogP contribution in [0.15, 0.2) is 18.2 Å². The third-order valence-electron chi connectivity index (χ3n) is 2.14. The molecule has 84 valence electrons. The molecule has 0 unspecified atom stereocenters. The van der Waals surface area contributed by atoms with Gasteiger partial charge in [-0.2, -0.15) is 0 Å². The van der Waals surface area contributed by atoms with Crippen molar-refractivity contribution in [1.29, 1.82) is 0 Å². The topological polar surface area (TPSA) is 24.5 Å². The number of nitrogens with one attached hydrogen (secondary N) is 1. The second kappa shape index (κ2) is 5.49. The molecule has 3 heteroatoms. The van der Waals surface area contributed by atoms with Gasteiger partial charge in [0.15, 0.2) is 5.75 Å². The first-order valence-corrected chi connectivity index (χ1v) is 5.46. The van der Waals surface area contributed by atoms with E-state index in [1.54, 1.807) is 0 Å². The average Bonchev–Trinajstić information content (AvgIpc) is 2.31. The second-order valence-corrected chi connectivity index (χ2v) is 3.32. The van der Waals surface area contributed by atoms with Crippen molar-refractivity contribution in [3.05, 3.63) is 18.2 Å². The molecule has 1 aromatic carbocycles. The number of ether oxygens (including phenoxy) is 1. The zero-order chi connectivity index (χ0) is 11.3. The maximum absolute atomic E-state index is 5.61. The summed E-state index contributed by atoms with van der Waals surface area (Å²) >= 11 is 0. The van der Waals surface area contributed by atoms with Crippen LogP contribution in [0.2, 0.25) is 0 Å². The van der Waals surface area contributed by atoms with E-state index in [-0.39, 0.29) is 0 Å². The molecule has 0 saturated heterocycles. The quantitative estimate of drug-likeness (QED) is 0.767. The fraction of sp³-hybridized carbons (Fsp3) is 0.500. The van der Waals surface area contributed by atoms with Gasteiger partial charge in [-0.15, -0.1) is 0 Å². The number of fused-ring (bicyclic) bond motifs is 1. The van der Waals surface area contributed by atoms with Gasteiger partial charge in [0, 0.05) is 20.6 Å². The van der Waals surface area contributed by atoms with Crippen LogP contribution < -0.4 is 15.0 Å². The Kier molecular flexibility index (Phi) is 4.28. The highest BCUT2D eigenvalue weighted by molar-refractivity contribution is 5.72. The number of benzene rings is 1. The first-order chi connectivity index (χ1) is 7.29. The lowest BCUT2D eigenvalue weighted by Gasteiger charge is -2.24. The molecule has 1 aliphatic rings. The summed E-state index contributed by atoms with van der Waals surface area (Å²) < 4.78 is 5.61. The van der Waals surface area contributed by atoms with Crippen LogP contribution in [0.3, 0.4) is 0 Å². The van der Waals surface area contributed by atoms with E-state index in [2.05, 4.69) is 16.3 Å². The fourth-order valence-corrected chi connectivity index (χ4v) is 1.51. The number of nitrogens with zero attached hydrogens (tertiary/aromatic N) is 1. The number of hydrogen-bond donors (Lipinski definition) is 1. The molecule has 0 atom stereocenters. The molecular formula is C12H20N2O. The summed E-state index contributed by atoms with van der Waals surface area (Å²) in [5.74, 6) is 0.971. The molecule has 0 fully saturated rings. The van der Waals surface area contributed by atoms with Crippen molar-refractivity contribution in [3.8, 4) is 5.75 Å². The van der Waals surface area contributed by atoms with Crippen LogP contribution in [-0.4, -0.2) is 27.2 Å². The minimum Gasteiger partial charge on any atom is -0.487 e. The van der Waals surface area contributed by atoms with Crippen molar-refractivity contribution in [2.24, 2.45) is 0 Å². The number of para-hydroxylation sites is 1. The van der Waals surface area contributed by atoms with Crippen molar-refractivity contribution in [2.75, 3.05) is 37.5 Å². The molecule has 1 heterocycles. The SMILES string of the molecule is CC.CN(C)c1cccc2c1OCCN2. The van der Waals surface area contributed by atoms with E-state index < -0.39 is 0 Å². The Morgan fingerprint density at radius 2 is 2.00 bits per heavy atom. The van der Waals surface area contributed by atoms with Crippen LogP contribution in [-0.2, 0) is 0 Å². The van der Waals surface area contributed by atoms with E-state index in [1.807, 2.05) is 40.1 Å². The molecule has 1 aliphatic heterocycles. The lowest BCUT2D eigenvalue weighted by atomic mass is 10.2. The largest absolute Gasteiger partial charge is 0.487 e. The molecule has 0 aliphatic carbocycles. The minimum absolute atomic E-state index is 0.748. The van der Waals surface area contributed by atoms with Crippen LogP contribution in [0.25, 0.3) is 0 Å². The lowest BCUT2D eigenvalue weighted by Crippen LogP contribution is -2.20. The Balaban J connectivity index is 0.000000531. The van der Waals surface area contributed by atoms with Gasteiger partial charge in [-0.25, -0.2) is 0 Å². The zero-order valence-corrected chi connectivity index (χ0v) is 10.0. The highest BCUT2D eigenvalue weighted by Crippen LogP contribution is 2.36. The Hall–Kier alpha value is -1.38. The maximum atomic E-state index is 5.61. The molecule has 0 aromatic heterocycles. The van der Waals surface area contributed by atoms with Gasteiger partial charge in [0.25, 0.3) is 0 Å². The molecule has 1 N–H and O–H groups in total. The first-order valence-electron chi connectivity index (χ1n) is 5.46. The van der Waals surface area contributed by atoms with Gasteiger partial charge >= 0.3 is 0 Å². The standard InChI is InChI=1S/C10H14N2O.C2H6/c1-12(2)9-5-3-4-8-10(9)13-7-6-11-8;1-2/h3-5,11H,6-7H2,1-2H3;1-2H3. The zero-order valence-electron chi connectivity index (χ0n) is 10.0. The van der Waals surface area contributed by atoms with Gasteiger partial charge in [0.2, 0.25) is 0 Å². The van der Waals surface area contributed by atoms with Crippen LogP contribution >= 0.6 is 0 Å². The van der Waals surface area contributed by atoms with E-state index in [4.69, 9.17) is 4.74 Å². The normalized spacial score (nSPS) is 12.5. The third kappa shape index (κ3) is 2.55. The molecule has 0 spiro atoms. The van der Waals surface area contributed by atoms with Gasteiger partial charge in [-0.3, -0.25) is 0 Å². The molecule has 0 bridgehead atoms. The van der Waals surface area contributed by atoms with Crippen LogP contribution in [0.5, 0.6) is 5.75 Å². The van der Waals surface area contributed by atoms with Crippen molar-refractivity contribution in [3.63, 3.8) is 0 Å². The predicted molar refractivity (Wildman–Crippen MR) is 66.1 cm³/mol. The first kappa shape index (κ1) is 11.7. The summed E-state index contributed by atoms with van der Waals surface area (Å²) in [7, 11) is 4.04. The second-order valence-electron chi connectivity index (χ2n) is 3.32. The minimum atomic E-state index is 0.748. The lowest BCUT2D eigenvalue weighted by molar-refractivity contribution is 0.324. The molecular weight excluding hydrogens is 188 g/mol. The summed E-state index contributed by atoms with van der Waals surface area (Å²) in [6, 6.07) is 6.14. The molecule has 3 nitrogen and oxygen atoms in total. The van der Waals surface area contributed by atoms with Crippen LogP contribution in [0.4, 0.5) is 11.4 Å². The average molecular weight is 208 g/mol.